The van der Waals surface area contributed by atoms with Crippen LogP contribution < -0.4 is 11.1 Å². The first-order valence-corrected chi connectivity index (χ1v) is 7.28. The zero-order valence-electron chi connectivity index (χ0n) is 10.2. The number of nitrogens with zero attached hydrogens (tertiary/aromatic N) is 1. The van der Waals surface area contributed by atoms with Crippen LogP contribution in [-0.4, -0.2) is 31.1 Å². The van der Waals surface area contributed by atoms with Gasteiger partial charge in [-0.25, -0.2) is 0 Å². The summed E-state index contributed by atoms with van der Waals surface area (Å²) >= 11 is 2.33. The van der Waals surface area contributed by atoms with Gasteiger partial charge >= 0.3 is 0 Å². The predicted octanol–water partition coefficient (Wildman–Crippen LogP) is 2.63. The van der Waals surface area contributed by atoms with Crippen LogP contribution in [0.4, 0.5) is 11.4 Å². The van der Waals surface area contributed by atoms with Crippen molar-refractivity contribution in [3.05, 3.63) is 21.8 Å². The van der Waals surface area contributed by atoms with Gasteiger partial charge in [0.1, 0.15) is 0 Å². The molecular formula is C13H20IN3. The van der Waals surface area contributed by atoms with Crippen LogP contribution in [0.2, 0.25) is 0 Å². The Bertz CT molecular complexity index is 381. The van der Waals surface area contributed by atoms with Crippen LogP contribution in [0.3, 0.4) is 0 Å². The molecule has 1 fully saturated rings. The van der Waals surface area contributed by atoms with Gasteiger partial charge in [0.05, 0.1) is 0 Å². The Labute approximate surface area is 117 Å². The van der Waals surface area contributed by atoms with Gasteiger partial charge in [0.15, 0.2) is 0 Å². The van der Waals surface area contributed by atoms with Gasteiger partial charge in [-0.05, 0) is 66.2 Å². The molecule has 0 radical (unpaired) electrons. The highest BCUT2D eigenvalue weighted by molar-refractivity contribution is 14.1. The van der Waals surface area contributed by atoms with Gasteiger partial charge in [-0.3, -0.25) is 0 Å². The monoisotopic (exact) mass is 345 g/mol. The van der Waals surface area contributed by atoms with E-state index in [-0.39, 0.29) is 0 Å². The molecule has 0 aromatic heterocycles. The van der Waals surface area contributed by atoms with Crippen LogP contribution in [0.1, 0.15) is 13.3 Å². The second-order valence-electron chi connectivity index (χ2n) is 4.67. The van der Waals surface area contributed by atoms with Crippen molar-refractivity contribution in [3.63, 3.8) is 0 Å². The third-order valence-electron chi connectivity index (χ3n) is 3.39. The van der Waals surface area contributed by atoms with Crippen molar-refractivity contribution >= 4 is 34.0 Å². The van der Waals surface area contributed by atoms with Crippen LogP contribution >= 0.6 is 22.6 Å². The number of rotatable bonds is 4. The number of halogens is 1. The number of nitrogens with two attached hydrogens (primary N) is 1. The fourth-order valence-corrected chi connectivity index (χ4v) is 3.03. The number of hydrogen-bond acceptors (Lipinski definition) is 3. The quantitative estimate of drug-likeness (QED) is 0.651. The zero-order chi connectivity index (χ0) is 12.3. The van der Waals surface area contributed by atoms with E-state index in [0.29, 0.717) is 0 Å². The Morgan fingerprint density at radius 3 is 3.00 bits per heavy atom. The van der Waals surface area contributed by atoms with E-state index in [1.165, 1.54) is 35.3 Å². The maximum atomic E-state index is 5.74. The average molecular weight is 345 g/mol. The van der Waals surface area contributed by atoms with E-state index in [9.17, 15) is 0 Å². The number of anilines is 2. The molecule has 1 aliphatic rings. The Balaban J connectivity index is 1.86. The molecule has 0 spiro atoms. The molecule has 1 aromatic rings. The van der Waals surface area contributed by atoms with E-state index in [2.05, 4.69) is 45.8 Å². The summed E-state index contributed by atoms with van der Waals surface area (Å²) in [7, 11) is 0. The van der Waals surface area contributed by atoms with Crippen LogP contribution in [0.15, 0.2) is 18.2 Å². The molecule has 94 valence electrons. The molecule has 1 aromatic carbocycles. The smallest absolute Gasteiger partial charge is 0.0477 e. The molecule has 4 heteroatoms. The first kappa shape index (κ1) is 13.0. The normalized spacial score (nSPS) is 20.7. The number of hydrogen-bond donors (Lipinski definition) is 2. The first-order valence-electron chi connectivity index (χ1n) is 6.20. The van der Waals surface area contributed by atoms with Crippen LogP contribution in [0, 0.1) is 9.49 Å². The molecule has 1 heterocycles. The lowest BCUT2D eigenvalue weighted by Gasteiger charge is -2.15. The predicted molar refractivity (Wildman–Crippen MR) is 82.3 cm³/mol. The van der Waals surface area contributed by atoms with Crippen LogP contribution in [0.25, 0.3) is 0 Å². The van der Waals surface area contributed by atoms with Gasteiger partial charge < -0.3 is 16.0 Å². The van der Waals surface area contributed by atoms with Crippen molar-refractivity contribution in [2.24, 2.45) is 5.92 Å². The molecule has 1 saturated heterocycles. The number of nitrogen functional groups attached to an aromatic ring is 1. The summed E-state index contributed by atoms with van der Waals surface area (Å²) < 4.78 is 1.20. The van der Waals surface area contributed by atoms with Crippen molar-refractivity contribution in [2.45, 2.75) is 13.3 Å². The maximum Gasteiger partial charge on any atom is 0.0477 e. The van der Waals surface area contributed by atoms with Crippen molar-refractivity contribution in [1.29, 1.82) is 0 Å². The Kier molecular flexibility index (Phi) is 4.50. The number of nitrogens with one attached hydrogen (secondary N) is 1. The molecule has 1 atom stereocenters. The number of benzene rings is 1. The minimum Gasteiger partial charge on any atom is -0.399 e. The van der Waals surface area contributed by atoms with Crippen LogP contribution in [0.5, 0.6) is 0 Å². The molecule has 0 bridgehead atoms. The molecule has 3 N–H and O–H groups in total. The summed E-state index contributed by atoms with van der Waals surface area (Å²) in [4.78, 5) is 2.51. The molecule has 1 aliphatic heterocycles. The Morgan fingerprint density at radius 1 is 1.53 bits per heavy atom. The molecule has 3 nitrogen and oxygen atoms in total. The van der Waals surface area contributed by atoms with Crippen LogP contribution in [-0.2, 0) is 0 Å². The highest BCUT2D eigenvalue weighted by atomic mass is 127. The minimum atomic E-state index is 0.781. The average Bonchev–Trinajstić information content (AvgIpc) is 2.76. The SMILES string of the molecule is CCN1CCC(CNc2ccc(N)cc2I)C1. The molecular weight excluding hydrogens is 325 g/mol. The highest BCUT2D eigenvalue weighted by Crippen LogP contribution is 2.22. The van der Waals surface area contributed by atoms with E-state index >= 15 is 0 Å². The fraction of sp³-hybridized carbons (Fsp3) is 0.538. The van der Waals surface area contributed by atoms with Gasteiger partial charge in [-0.1, -0.05) is 6.92 Å². The maximum absolute atomic E-state index is 5.74. The lowest BCUT2D eigenvalue weighted by Crippen LogP contribution is -2.22. The molecule has 2 rings (SSSR count). The van der Waals surface area contributed by atoms with Gasteiger partial charge in [-0.15, -0.1) is 0 Å². The Hall–Kier alpha value is -0.490. The lowest BCUT2D eigenvalue weighted by atomic mass is 10.1. The van der Waals surface area contributed by atoms with E-state index in [1.807, 2.05) is 12.1 Å². The second-order valence-corrected chi connectivity index (χ2v) is 5.83. The fourth-order valence-electron chi connectivity index (χ4n) is 2.30. The van der Waals surface area contributed by atoms with Crippen molar-refractivity contribution in [1.82, 2.24) is 4.90 Å². The topological polar surface area (TPSA) is 41.3 Å². The number of likely N-dealkylation sites (tertiary alicyclic amines) is 1. The van der Waals surface area contributed by atoms with Crippen molar-refractivity contribution in [2.75, 3.05) is 37.2 Å². The summed E-state index contributed by atoms with van der Waals surface area (Å²) in [6.45, 7) is 6.96. The van der Waals surface area contributed by atoms with E-state index in [4.69, 9.17) is 5.73 Å². The molecule has 0 aliphatic carbocycles. The largest absolute Gasteiger partial charge is 0.399 e. The van der Waals surface area contributed by atoms with Gasteiger partial charge in [0, 0.05) is 28.0 Å². The van der Waals surface area contributed by atoms with E-state index < -0.39 is 0 Å². The minimum absolute atomic E-state index is 0.781. The zero-order valence-corrected chi connectivity index (χ0v) is 12.4. The van der Waals surface area contributed by atoms with E-state index in [0.717, 1.165) is 18.2 Å². The third-order valence-corrected chi connectivity index (χ3v) is 4.28. The summed E-state index contributed by atoms with van der Waals surface area (Å²) in [5.41, 5.74) is 7.78. The van der Waals surface area contributed by atoms with Gasteiger partial charge in [0.2, 0.25) is 0 Å². The summed E-state index contributed by atoms with van der Waals surface area (Å²) in [6, 6.07) is 6.04. The molecule has 0 amide bonds. The molecule has 1 unspecified atom stereocenters. The highest BCUT2D eigenvalue weighted by Gasteiger charge is 2.20. The molecule has 17 heavy (non-hydrogen) atoms. The Morgan fingerprint density at radius 2 is 2.35 bits per heavy atom. The van der Waals surface area contributed by atoms with Crippen molar-refractivity contribution < 1.29 is 0 Å². The van der Waals surface area contributed by atoms with Crippen molar-refractivity contribution in [3.8, 4) is 0 Å². The second kappa shape index (κ2) is 5.91. The summed E-state index contributed by atoms with van der Waals surface area (Å²) in [6.07, 6.45) is 1.31. The summed E-state index contributed by atoms with van der Waals surface area (Å²) in [5, 5.41) is 3.54. The van der Waals surface area contributed by atoms with Gasteiger partial charge in [0.25, 0.3) is 0 Å². The first-order chi connectivity index (χ1) is 8.19. The molecule has 0 saturated carbocycles. The van der Waals surface area contributed by atoms with Gasteiger partial charge in [-0.2, -0.15) is 0 Å². The standard InChI is InChI=1S/C13H20IN3/c1-2-17-6-5-10(9-17)8-16-13-4-3-11(15)7-12(13)14/h3-4,7,10,16H,2,5-6,8-9,15H2,1H3. The lowest BCUT2D eigenvalue weighted by molar-refractivity contribution is 0.345. The third kappa shape index (κ3) is 3.48. The van der Waals surface area contributed by atoms with E-state index in [1.54, 1.807) is 0 Å². The summed E-state index contributed by atoms with van der Waals surface area (Å²) in [5.74, 6) is 0.781.